The van der Waals surface area contributed by atoms with E-state index < -0.39 is 10.0 Å². The van der Waals surface area contributed by atoms with Crippen molar-refractivity contribution in [2.45, 2.75) is 43.5 Å². The number of amides is 1. The maximum atomic E-state index is 12.2. The Balaban J connectivity index is 1.93. The summed E-state index contributed by atoms with van der Waals surface area (Å²) in [6, 6.07) is 16.3. The first kappa shape index (κ1) is 20.9. The Hall–Kier alpha value is -2.44. The number of hydrogen-bond acceptors (Lipinski definition) is 3. The molecule has 144 valence electrons. The fraction of sp³-hybridized carbons (Fsp3) is 0.286. The van der Waals surface area contributed by atoms with Crippen LogP contribution < -0.4 is 10.5 Å². The van der Waals surface area contributed by atoms with Gasteiger partial charge in [0.05, 0.1) is 4.90 Å². The summed E-state index contributed by atoms with van der Waals surface area (Å²) in [5.41, 5.74) is 1.90. The first-order valence-corrected chi connectivity index (χ1v) is 10.3. The second-order valence-corrected chi connectivity index (χ2v) is 8.87. The Morgan fingerprint density at radius 1 is 1.11 bits per heavy atom. The summed E-state index contributed by atoms with van der Waals surface area (Å²) in [5, 5.41) is 8.04. The van der Waals surface area contributed by atoms with Crippen LogP contribution in [0.25, 0.3) is 6.08 Å². The summed E-state index contributed by atoms with van der Waals surface area (Å²) < 4.78 is 22.5. The van der Waals surface area contributed by atoms with Crippen LogP contribution in [0.15, 0.2) is 65.6 Å². The van der Waals surface area contributed by atoms with E-state index in [9.17, 15) is 13.2 Å². The van der Waals surface area contributed by atoms with E-state index in [1.165, 1.54) is 23.8 Å². The second kappa shape index (κ2) is 8.50. The molecule has 0 aliphatic rings. The summed E-state index contributed by atoms with van der Waals surface area (Å²) in [4.78, 5) is 12.2. The van der Waals surface area contributed by atoms with Crippen LogP contribution in [-0.4, -0.2) is 20.4 Å². The van der Waals surface area contributed by atoms with Crippen LogP contribution in [0.1, 0.15) is 38.3 Å². The highest BCUT2D eigenvalue weighted by Crippen LogP contribution is 2.28. The largest absolute Gasteiger partial charge is 0.350 e. The molecule has 0 aromatic heterocycles. The van der Waals surface area contributed by atoms with E-state index in [2.05, 4.69) is 31.3 Å². The molecule has 1 amide bonds. The maximum Gasteiger partial charge on any atom is 0.244 e. The third kappa shape index (κ3) is 6.34. The van der Waals surface area contributed by atoms with Gasteiger partial charge >= 0.3 is 0 Å². The molecule has 0 saturated carbocycles. The van der Waals surface area contributed by atoms with Crippen molar-refractivity contribution in [3.63, 3.8) is 0 Å². The third-order valence-corrected chi connectivity index (χ3v) is 5.33. The smallest absolute Gasteiger partial charge is 0.244 e. The van der Waals surface area contributed by atoms with Gasteiger partial charge in [-0.1, -0.05) is 56.3 Å². The molecular formula is C21H26N2O3S. The van der Waals surface area contributed by atoms with Crippen molar-refractivity contribution in [3.05, 3.63) is 71.8 Å². The standard InChI is InChI=1S/C21H26N2O3S/c1-16(15-21(2,3)18-7-5-4-6-8-18)23-20(24)14-11-17-9-12-19(13-10-17)27(22,25)26/h4-14,16H,15H2,1-3H3,(H,23,24)(H2,22,25,26)/b14-11+. The summed E-state index contributed by atoms with van der Waals surface area (Å²) in [6.45, 7) is 6.30. The molecule has 6 heteroatoms. The van der Waals surface area contributed by atoms with E-state index in [0.717, 1.165) is 12.0 Å². The Bertz CT molecular complexity index is 902. The number of rotatable bonds is 7. The highest BCUT2D eigenvalue weighted by Gasteiger charge is 2.23. The molecule has 1 atom stereocenters. The van der Waals surface area contributed by atoms with Gasteiger partial charge in [-0.05, 0) is 48.1 Å². The van der Waals surface area contributed by atoms with Gasteiger partial charge in [-0.2, -0.15) is 0 Å². The van der Waals surface area contributed by atoms with Crippen LogP contribution in [0.2, 0.25) is 0 Å². The summed E-state index contributed by atoms with van der Waals surface area (Å²) >= 11 is 0. The fourth-order valence-electron chi connectivity index (χ4n) is 3.06. The minimum Gasteiger partial charge on any atom is -0.350 e. The molecule has 2 aromatic rings. The molecule has 0 spiro atoms. The average molecular weight is 387 g/mol. The van der Waals surface area contributed by atoms with E-state index in [1.54, 1.807) is 18.2 Å². The van der Waals surface area contributed by atoms with Crippen LogP contribution in [0.5, 0.6) is 0 Å². The second-order valence-electron chi connectivity index (χ2n) is 7.31. The minimum absolute atomic E-state index is 0.00196. The van der Waals surface area contributed by atoms with Crippen molar-refractivity contribution in [2.24, 2.45) is 5.14 Å². The number of carbonyl (C=O) groups excluding carboxylic acids is 1. The van der Waals surface area contributed by atoms with Gasteiger partial charge in [0.25, 0.3) is 0 Å². The maximum absolute atomic E-state index is 12.2. The number of hydrogen-bond donors (Lipinski definition) is 2. The van der Waals surface area contributed by atoms with Gasteiger partial charge < -0.3 is 5.32 Å². The highest BCUT2D eigenvalue weighted by atomic mass is 32.2. The molecule has 0 heterocycles. The topological polar surface area (TPSA) is 89.3 Å². The van der Waals surface area contributed by atoms with E-state index >= 15 is 0 Å². The number of nitrogens with two attached hydrogens (primary N) is 1. The first-order chi connectivity index (χ1) is 12.6. The minimum atomic E-state index is -3.71. The van der Waals surface area contributed by atoms with E-state index in [0.29, 0.717) is 0 Å². The number of nitrogens with one attached hydrogen (secondary N) is 1. The van der Waals surface area contributed by atoms with Crippen molar-refractivity contribution in [1.82, 2.24) is 5.32 Å². The molecule has 0 fully saturated rings. The fourth-order valence-corrected chi connectivity index (χ4v) is 3.57. The molecule has 2 rings (SSSR count). The molecule has 1 unspecified atom stereocenters. The Morgan fingerprint density at radius 2 is 1.70 bits per heavy atom. The molecular weight excluding hydrogens is 360 g/mol. The molecule has 27 heavy (non-hydrogen) atoms. The predicted octanol–water partition coefficient (Wildman–Crippen LogP) is 3.22. The quantitative estimate of drug-likeness (QED) is 0.716. The highest BCUT2D eigenvalue weighted by molar-refractivity contribution is 7.89. The molecule has 2 aromatic carbocycles. The molecule has 3 N–H and O–H groups in total. The Kier molecular flexibility index (Phi) is 6.57. The van der Waals surface area contributed by atoms with Crippen LogP contribution in [0, 0.1) is 0 Å². The van der Waals surface area contributed by atoms with Gasteiger partial charge in [-0.25, -0.2) is 13.6 Å². The lowest BCUT2D eigenvalue weighted by Crippen LogP contribution is -2.36. The SMILES string of the molecule is CC(CC(C)(C)c1ccccc1)NC(=O)/C=C/c1ccc(S(N)(=O)=O)cc1. The lowest BCUT2D eigenvalue weighted by atomic mass is 9.79. The van der Waals surface area contributed by atoms with Gasteiger partial charge in [0.15, 0.2) is 0 Å². The van der Waals surface area contributed by atoms with Gasteiger partial charge in [0, 0.05) is 12.1 Å². The van der Waals surface area contributed by atoms with Crippen molar-refractivity contribution in [3.8, 4) is 0 Å². The molecule has 0 radical (unpaired) electrons. The van der Waals surface area contributed by atoms with Crippen LogP contribution >= 0.6 is 0 Å². The zero-order chi connectivity index (χ0) is 20.1. The first-order valence-electron chi connectivity index (χ1n) is 8.75. The Labute approximate surface area is 161 Å². The predicted molar refractivity (Wildman–Crippen MR) is 109 cm³/mol. The Morgan fingerprint density at radius 3 is 2.26 bits per heavy atom. The number of benzene rings is 2. The molecule has 0 saturated heterocycles. The van der Waals surface area contributed by atoms with Gasteiger partial charge in [0.1, 0.15) is 0 Å². The van der Waals surface area contributed by atoms with Crippen LogP contribution in [0.3, 0.4) is 0 Å². The molecule has 0 bridgehead atoms. The molecule has 5 nitrogen and oxygen atoms in total. The molecule has 0 aliphatic carbocycles. The van der Waals surface area contributed by atoms with E-state index in [1.807, 2.05) is 25.1 Å². The van der Waals surface area contributed by atoms with Crippen molar-refractivity contribution < 1.29 is 13.2 Å². The summed E-state index contributed by atoms with van der Waals surface area (Å²) in [5.74, 6) is -0.193. The van der Waals surface area contributed by atoms with Crippen LogP contribution in [0.4, 0.5) is 0 Å². The van der Waals surface area contributed by atoms with Gasteiger partial charge in [0.2, 0.25) is 15.9 Å². The van der Waals surface area contributed by atoms with Crippen molar-refractivity contribution in [2.75, 3.05) is 0 Å². The monoisotopic (exact) mass is 386 g/mol. The third-order valence-electron chi connectivity index (χ3n) is 4.40. The van der Waals surface area contributed by atoms with Gasteiger partial charge in [-0.15, -0.1) is 0 Å². The normalized spacial score (nSPS) is 13.5. The summed E-state index contributed by atoms with van der Waals surface area (Å²) in [6.07, 6.45) is 3.88. The molecule has 0 aliphatic heterocycles. The number of primary sulfonamides is 1. The van der Waals surface area contributed by atoms with E-state index in [-0.39, 0.29) is 22.3 Å². The number of carbonyl (C=O) groups is 1. The zero-order valence-electron chi connectivity index (χ0n) is 15.8. The van der Waals surface area contributed by atoms with Crippen molar-refractivity contribution in [1.29, 1.82) is 0 Å². The summed E-state index contributed by atoms with van der Waals surface area (Å²) in [7, 11) is -3.71. The van der Waals surface area contributed by atoms with Gasteiger partial charge in [-0.3, -0.25) is 4.79 Å². The number of sulfonamides is 1. The average Bonchev–Trinajstić information content (AvgIpc) is 2.60. The lowest BCUT2D eigenvalue weighted by Gasteiger charge is -2.29. The van der Waals surface area contributed by atoms with Crippen molar-refractivity contribution >= 4 is 22.0 Å². The van der Waals surface area contributed by atoms with E-state index in [4.69, 9.17) is 5.14 Å². The van der Waals surface area contributed by atoms with Crippen LogP contribution in [-0.2, 0) is 20.2 Å². The zero-order valence-corrected chi connectivity index (χ0v) is 16.7. The lowest BCUT2D eigenvalue weighted by molar-refractivity contribution is -0.117.